The zero-order valence-electron chi connectivity index (χ0n) is 16.2. The summed E-state index contributed by atoms with van der Waals surface area (Å²) in [6, 6.07) is 9.78. The first-order valence-electron chi connectivity index (χ1n) is 8.98. The lowest BCUT2D eigenvalue weighted by molar-refractivity contribution is -0.138. The third kappa shape index (κ3) is 4.88. The van der Waals surface area contributed by atoms with E-state index in [9.17, 15) is 22.8 Å². The molecule has 3 aromatic rings. The first-order chi connectivity index (χ1) is 14.2. The third-order valence-corrected chi connectivity index (χ3v) is 5.33. The minimum absolute atomic E-state index is 0.0512. The molecule has 158 valence electrons. The SMILES string of the molecule is Cc1cc(C)n(C(CNC(=O)C(=O)Nc2ccccc2C(F)(F)F)c2cccs2)n1. The number of anilines is 1. The summed E-state index contributed by atoms with van der Waals surface area (Å²) in [7, 11) is 0. The molecule has 2 heterocycles. The summed E-state index contributed by atoms with van der Waals surface area (Å²) in [4.78, 5) is 25.4. The molecule has 0 saturated heterocycles. The molecule has 1 atom stereocenters. The number of aryl methyl sites for hydroxylation is 2. The molecule has 2 aromatic heterocycles. The van der Waals surface area contributed by atoms with Gasteiger partial charge in [0.25, 0.3) is 0 Å². The van der Waals surface area contributed by atoms with Crippen molar-refractivity contribution < 1.29 is 22.8 Å². The molecule has 3 rings (SSSR count). The van der Waals surface area contributed by atoms with Crippen molar-refractivity contribution in [1.29, 1.82) is 0 Å². The molecule has 6 nitrogen and oxygen atoms in total. The predicted octanol–water partition coefficient (Wildman–Crippen LogP) is 3.92. The summed E-state index contributed by atoms with van der Waals surface area (Å²) >= 11 is 1.47. The van der Waals surface area contributed by atoms with Crippen LogP contribution in [0.4, 0.5) is 18.9 Å². The van der Waals surface area contributed by atoms with Crippen molar-refractivity contribution in [3.8, 4) is 0 Å². The van der Waals surface area contributed by atoms with Crippen LogP contribution in [0.1, 0.15) is 27.9 Å². The molecule has 0 bridgehead atoms. The molecule has 2 N–H and O–H groups in total. The van der Waals surface area contributed by atoms with Crippen molar-refractivity contribution in [2.45, 2.75) is 26.1 Å². The number of para-hydroxylation sites is 1. The molecule has 0 saturated carbocycles. The molecule has 0 spiro atoms. The molecular formula is C20H19F3N4O2S. The fraction of sp³-hybridized carbons (Fsp3) is 0.250. The number of carbonyl (C=O) groups is 2. The van der Waals surface area contributed by atoms with E-state index in [2.05, 4.69) is 10.4 Å². The van der Waals surface area contributed by atoms with Gasteiger partial charge in [-0.3, -0.25) is 14.3 Å². The van der Waals surface area contributed by atoms with Gasteiger partial charge in [0, 0.05) is 17.1 Å². The molecule has 0 aliphatic rings. The summed E-state index contributed by atoms with van der Waals surface area (Å²) in [5.74, 6) is -2.21. The molecule has 30 heavy (non-hydrogen) atoms. The van der Waals surface area contributed by atoms with Gasteiger partial charge in [0.05, 0.1) is 16.9 Å². The maximum absolute atomic E-state index is 13.1. The van der Waals surface area contributed by atoms with Gasteiger partial charge in [-0.05, 0) is 43.5 Å². The summed E-state index contributed by atoms with van der Waals surface area (Å²) in [6.07, 6.45) is -4.65. The fourth-order valence-electron chi connectivity index (χ4n) is 3.04. The number of rotatable bonds is 5. The number of alkyl halides is 3. The topological polar surface area (TPSA) is 76.0 Å². The summed E-state index contributed by atoms with van der Waals surface area (Å²) in [6.45, 7) is 3.78. The number of aromatic nitrogens is 2. The highest BCUT2D eigenvalue weighted by Crippen LogP contribution is 2.34. The van der Waals surface area contributed by atoms with Crippen LogP contribution in [0.15, 0.2) is 47.8 Å². The third-order valence-electron chi connectivity index (χ3n) is 4.35. The van der Waals surface area contributed by atoms with E-state index in [1.54, 1.807) is 4.68 Å². The number of hydrogen-bond acceptors (Lipinski definition) is 4. The van der Waals surface area contributed by atoms with Crippen molar-refractivity contribution >= 4 is 28.8 Å². The molecule has 0 radical (unpaired) electrons. The van der Waals surface area contributed by atoms with Crippen molar-refractivity contribution in [1.82, 2.24) is 15.1 Å². The van der Waals surface area contributed by atoms with Crippen molar-refractivity contribution in [3.05, 3.63) is 69.7 Å². The zero-order valence-corrected chi connectivity index (χ0v) is 17.0. The summed E-state index contributed by atoms with van der Waals surface area (Å²) in [5.41, 5.74) is 0.189. The van der Waals surface area contributed by atoms with Gasteiger partial charge in [0.1, 0.15) is 6.04 Å². The Labute approximate surface area is 174 Å². The Morgan fingerprint density at radius 1 is 1.13 bits per heavy atom. The Hall–Kier alpha value is -3.14. The number of carbonyl (C=O) groups excluding carboxylic acids is 2. The molecular weight excluding hydrogens is 417 g/mol. The Morgan fingerprint density at radius 3 is 2.47 bits per heavy atom. The maximum atomic E-state index is 13.1. The maximum Gasteiger partial charge on any atom is 0.418 e. The van der Waals surface area contributed by atoms with Crippen LogP contribution in [-0.4, -0.2) is 28.1 Å². The lowest BCUT2D eigenvalue weighted by Crippen LogP contribution is -2.39. The summed E-state index contributed by atoms with van der Waals surface area (Å²) < 4.78 is 41.0. The van der Waals surface area contributed by atoms with Gasteiger partial charge >= 0.3 is 18.0 Å². The number of nitrogens with zero attached hydrogens (tertiary/aromatic N) is 2. The van der Waals surface area contributed by atoms with Gasteiger partial charge < -0.3 is 10.6 Å². The van der Waals surface area contributed by atoms with Crippen LogP contribution in [0.3, 0.4) is 0 Å². The first-order valence-corrected chi connectivity index (χ1v) is 9.86. The zero-order chi connectivity index (χ0) is 21.9. The van der Waals surface area contributed by atoms with Crippen LogP contribution in [0.2, 0.25) is 0 Å². The van der Waals surface area contributed by atoms with Gasteiger partial charge in [0.2, 0.25) is 0 Å². The highest BCUT2D eigenvalue weighted by Gasteiger charge is 2.34. The monoisotopic (exact) mass is 436 g/mol. The number of thiophene rings is 1. The highest BCUT2D eigenvalue weighted by atomic mass is 32.1. The average molecular weight is 436 g/mol. The van der Waals surface area contributed by atoms with E-state index in [1.807, 2.05) is 42.7 Å². The van der Waals surface area contributed by atoms with Crippen molar-refractivity contribution in [2.24, 2.45) is 0 Å². The van der Waals surface area contributed by atoms with Gasteiger partial charge in [-0.15, -0.1) is 11.3 Å². The van der Waals surface area contributed by atoms with Crippen molar-refractivity contribution in [2.75, 3.05) is 11.9 Å². The molecule has 2 amide bonds. The van der Waals surface area contributed by atoms with Crippen LogP contribution < -0.4 is 10.6 Å². The number of benzene rings is 1. The van der Waals surface area contributed by atoms with Crippen LogP contribution >= 0.6 is 11.3 Å². The number of halogens is 3. The molecule has 0 aliphatic heterocycles. The summed E-state index contributed by atoms with van der Waals surface area (Å²) in [5, 5.41) is 10.9. The van der Waals surface area contributed by atoms with E-state index in [0.29, 0.717) is 0 Å². The second-order valence-corrected chi connectivity index (χ2v) is 7.59. The Morgan fingerprint density at radius 2 is 1.87 bits per heavy atom. The van der Waals surface area contributed by atoms with Crippen LogP contribution in [-0.2, 0) is 15.8 Å². The van der Waals surface area contributed by atoms with E-state index in [-0.39, 0.29) is 12.6 Å². The molecule has 0 aliphatic carbocycles. The quantitative estimate of drug-likeness (QED) is 0.595. The van der Waals surface area contributed by atoms with Crippen LogP contribution in [0, 0.1) is 13.8 Å². The number of hydrogen-bond donors (Lipinski definition) is 2. The standard InChI is InChI=1S/C20H19F3N4O2S/c1-12-10-13(2)27(26-12)16(17-8-5-9-30-17)11-24-18(28)19(29)25-15-7-4-3-6-14(15)20(21,22)23/h3-10,16H,11H2,1-2H3,(H,24,28)(H,25,29). The Kier molecular flexibility index (Phi) is 6.25. The van der Waals surface area contributed by atoms with E-state index in [0.717, 1.165) is 28.4 Å². The van der Waals surface area contributed by atoms with Gasteiger partial charge in [-0.25, -0.2) is 0 Å². The smallest absolute Gasteiger partial charge is 0.345 e. The van der Waals surface area contributed by atoms with Gasteiger partial charge in [-0.2, -0.15) is 18.3 Å². The molecule has 0 fully saturated rings. The van der Waals surface area contributed by atoms with Gasteiger partial charge in [-0.1, -0.05) is 18.2 Å². The van der Waals surface area contributed by atoms with Crippen LogP contribution in [0.5, 0.6) is 0 Å². The minimum atomic E-state index is -4.65. The normalized spacial score (nSPS) is 12.4. The highest BCUT2D eigenvalue weighted by molar-refractivity contribution is 7.10. The first kappa shape index (κ1) is 21.6. The van der Waals surface area contributed by atoms with E-state index < -0.39 is 29.2 Å². The lowest BCUT2D eigenvalue weighted by Gasteiger charge is -2.19. The second-order valence-electron chi connectivity index (χ2n) is 6.61. The minimum Gasteiger partial charge on any atom is -0.345 e. The van der Waals surface area contributed by atoms with Gasteiger partial charge in [0.15, 0.2) is 0 Å². The van der Waals surface area contributed by atoms with Crippen LogP contribution in [0.25, 0.3) is 0 Å². The fourth-order valence-corrected chi connectivity index (χ4v) is 3.85. The predicted molar refractivity (Wildman–Crippen MR) is 107 cm³/mol. The second kappa shape index (κ2) is 8.70. The molecule has 1 unspecified atom stereocenters. The van der Waals surface area contributed by atoms with E-state index >= 15 is 0 Å². The van der Waals surface area contributed by atoms with Crippen molar-refractivity contribution in [3.63, 3.8) is 0 Å². The van der Waals surface area contributed by atoms with E-state index in [4.69, 9.17) is 0 Å². The number of nitrogens with one attached hydrogen (secondary N) is 2. The Bertz CT molecular complexity index is 1040. The van der Waals surface area contributed by atoms with E-state index in [1.165, 1.54) is 23.5 Å². The average Bonchev–Trinajstić information content (AvgIpc) is 3.31. The number of amides is 2. The molecule has 10 heteroatoms. The Balaban J connectivity index is 1.72. The molecule has 1 aromatic carbocycles. The lowest BCUT2D eigenvalue weighted by atomic mass is 10.1. The largest absolute Gasteiger partial charge is 0.418 e.